The molecule has 3 rings (SSSR count). The monoisotopic (exact) mass is 380 g/mol. The fourth-order valence-corrected chi connectivity index (χ4v) is 3.07. The number of nitrogens with zero attached hydrogens (tertiary/aromatic N) is 2. The van der Waals surface area contributed by atoms with Crippen molar-refractivity contribution in [3.8, 4) is 0 Å². The maximum absolute atomic E-state index is 12.5. The maximum atomic E-state index is 12.5. The van der Waals surface area contributed by atoms with Gasteiger partial charge in [0.2, 0.25) is 0 Å². The number of ether oxygens (including phenoxy) is 1. The number of hydrogen-bond acceptors (Lipinski definition) is 5. The summed E-state index contributed by atoms with van der Waals surface area (Å²) in [5.74, 6) is 0.363. The predicted octanol–water partition coefficient (Wildman–Crippen LogP) is 2.09. The molecule has 1 amide bonds. The molecule has 1 aromatic carbocycles. The third-order valence-corrected chi connectivity index (χ3v) is 4.34. The van der Waals surface area contributed by atoms with Gasteiger partial charge in [0.1, 0.15) is 0 Å². The van der Waals surface area contributed by atoms with E-state index in [0.717, 1.165) is 0 Å². The van der Waals surface area contributed by atoms with Crippen molar-refractivity contribution in [3.05, 3.63) is 38.5 Å². The molecule has 0 N–H and O–H groups in total. The van der Waals surface area contributed by atoms with E-state index in [9.17, 15) is 9.59 Å². The molecule has 7 heteroatoms. The Morgan fingerprint density at radius 2 is 1.91 bits per heavy atom. The van der Waals surface area contributed by atoms with Gasteiger partial charge < -0.3 is 19.0 Å². The molecule has 1 aliphatic heterocycles. The molecule has 1 fully saturated rings. The third-order valence-electron chi connectivity index (χ3n) is 3.75. The number of rotatable bonds is 2. The molecule has 0 atom stereocenters. The lowest BCUT2D eigenvalue weighted by atomic mass is 10.1. The molecule has 6 nitrogen and oxygen atoms in total. The number of amides is 1. The van der Waals surface area contributed by atoms with Crippen LogP contribution in [0.15, 0.2) is 31.9 Å². The average molecular weight is 381 g/mol. The van der Waals surface area contributed by atoms with Gasteiger partial charge in [-0.05, 0) is 28.1 Å². The Labute approximate surface area is 141 Å². The van der Waals surface area contributed by atoms with Crippen molar-refractivity contribution in [2.24, 2.45) is 0 Å². The molecule has 1 aliphatic rings. The van der Waals surface area contributed by atoms with E-state index in [4.69, 9.17) is 9.15 Å². The van der Waals surface area contributed by atoms with Gasteiger partial charge >= 0.3 is 0 Å². The fourth-order valence-electron chi connectivity index (χ4n) is 2.53. The van der Waals surface area contributed by atoms with Crippen LogP contribution in [0, 0.1) is 0 Å². The van der Waals surface area contributed by atoms with Crippen LogP contribution in [0.25, 0.3) is 11.0 Å². The van der Waals surface area contributed by atoms with Gasteiger partial charge in [-0.15, -0.1) is 0 Å². The molecule has 0 bridgehead atoms. The number of morpholine rings is 1. The van der Waals surface area contributed by atoms with Crippen molar-refractivity contribution in [1.82, 2.24) is 4.90 Å². The molecule has 1 aromatic heterocycles. The van der Waals surface area contributed by atoms with Crippen LogP contribution in [0.2, 0.25) is 0 Å². The highest BCUT2D eigenvalue weighted by Crippen LogP contribution is 2.28. The van der Waals surface area contributed by atoms with Gasteiger partial charge in [0, 0.05) is 38.8 Å². The molecule has 1 saturated heterocycles. The first-order valence-corrected chi connectivity index (χ1v) is 8.08. The summed E-state index contributed by atoms with van der Waals surface area (Å²) in [7, 11) is 3.34. The highest BCUT2D eigenvalue weighted by atomic mass is 79.9. The summed E-state index contributed by atoms with van der Waals surface area (Å²) in [5, 5.41) is 0.390. The lowest BCUT2D eigenvalue weighted by molar-refractivity contribution is 0.0827. The van der Waals surface area contributed by atoms with Gasteiger partial charge in [0.25, 0.3) is 5.91 Å². The van der Waals surface area contributed by atoms with Crippen LogP contribution in [-0.2, 0) is 4.74 Å². The number of benzene rings is 1. The van der Waals surface area contributed by atoms with Gasteiger partial charge in [-0.25, -0.2) is 0 Å². The minimum absolute atomic E-state index is 0.163. The van der Waals surface area contributed by atoms with E-state index in [2.05, 4.69) is 15.9 Å². The molecule has 0 saturated carbocycles. The van der Waals surface area contributed by atoms with E-state index >= 15 is 0 Å². The fraction of sp³-hybridized carbons (Fsp3) is 0.375. The highest BCUT2D eigenvalue weighted by Gasteiger charge is 2.18. The van der Waals surface area contributed by atoms with E-state index in [-0.39, 0.29) is 11.3 Å². The van der Waals surface area contributed by atoms with Crippen molar-refractivity contribution in [3.63, 3.8) is 0 Å². The summed E-state index contributed by atoms with van der Waals surface area (Å²) < 4.78 is 11.8. The summed E-state index contributed by atoms with van der Waals surface area (Å²) in [5.41, 5.74) is 0.733. The number of carbonyl (C=O) groups excluding carboxylic acids is 1. The topological polar surface area (TPSA) is 63.0 Å². The third kappa shape index (κ3) is 3.11. The van der Waals surface area contributed by atoms with Crippen molar-refractivity contribution in [1.29, 1.82) is 0 Å². The first kappa shape index (κ1) is 16.0. The largest absolute Gasteiger partial charge is 0.439 e. The quantitative estimate of drug-likeness (QED) is 0.797. The van der Waals surface area contributed by atoms with E-state index in [1.54, 1.807) is 26.2 Å². The van der Waals surface area contributed by atoms with Crippen LogP contribution < -0.4 is 10.3 Å². The Morgan fingerprint density at radius 3 is 2.57 bits per heavy atom. The summed E-state index contributed by atoms with van der Waals surface area (Å²) in [6.45, 7) is 2.59. The number of anilines is 1. The van der Waals surface area contributed by atoms with Crippen molar-refractivity contribution in [2.45, 2.75) is 0 Å². The second kappa shape index (κ2) is 6.33. The van der Waals surface area contributed by atoms with E-state index in [1.165, 1.54) is 11.0 Å². The predicted molar refractivity (Wildman–Crippen MR) is 91.2 cm³/mol. The second-order valence-corrected chi connectivity index (χ2v) is 6.44. The smallest absolute Gasteiger partial charge is 0.253 e. The van der Waals surface area contributed by atoms with Crippen LogP contribution in [0.3, 0.4) is 0 Å². The first-order valence-electron chi connectivity index (χ1n) is 7.29. The summed E-state index contributed by atoms with van der Waals surface area (Å²) in [4.78, 5) is 28.0. The SMILES string of the molecule is CN(C)C(=O)c1cc(Br)c2oc(N3CCOCC3)cc(=O)c2c1. The van der Waals surface area contributed by atoms with Gasteiger partial charge in [-0.2, -0.15) is 0 Å². The Bertz CT molecular complexity index is 810. The van der Waals surface area contributed by atoms with Gasteiger partial charge in [-0.3, -0.25) is 9.59 Å². The van der Waals surface area contributed by atoms with Crippen LogP contribution in [0.4, 0.5) is 5.88 Å². The number of carbonyl (C=O) groups is 1. The van der Waals surface area contributed by atoms with Crippen LogP contribution in [0.5, 0.6) is 0 Å². The molecule has 23 heavy (non-hydrogen) atoms. The average Bonchev–Trinajstić information content (AvgIpc) is 2.55. The molecule has 2 heterocycles. The number of halogens is 1. The Kier molecular flexibility index (Phi) is 4.41. The molecule has 0 unspecified atom stereocenters. The first-order chi connectivity index (χ1) is 11.0. The normalized spacial score (nSPS) is 15.0. The molecular formula is C16H17BrN2O4. The van der Waals surface area contributed by atoms with Crippen LogP contribution in [-0.4, -0.2) is 51.2 Å². The Balaban J connectivity index is 2.11. The molecule has 0 aliphatic carbocycles. The van der Waals surface area contributed by atoms with Crippen LogP contribution >= 0.6 is 15.9 Å². The van der Waals surface area contributed by atoms with Crippen LogP contribution in [0.1, 0.15) is 10.4 Å². The molecule has 0 spiro atoms. The zero-order valence-corrected chi connectivity index (χ0v) is 14.6. The maximum Gasteiger partial charge on any atom is 0.253 e. The number of hydrogen-bond donors (Lipinski definition) is 0. The molecule has 122 valence electrons. The zero-order chi connectivity index (χ0) is 16.6. The van der Waals surface area contributed by atoms with E-state index in [0.29, 0.717) is 53.2 Å². The molecular weight excluding hydrogens is 364 g/mol. The minimum atomic E-state index is -0.165. The van der Waals surface area contributed by atoms with E-state index in [1.807, 2.05) is 4.90 Å². The summed E-state index contributed by atoms with van der Waals surface area (Å²) in [6, 6.07) is 4.73. The van der Waals surface area contributed by atoms with E-state index < -0.39 is 0 Å². The Hall–Kier alpha value is -1.86. The zero-order valence-electron chi connectivity index (χ0n) is 13.0. The van der Waals surface area contributed by atoms with Gasteiger partial charge in [0.15, 0.2) is 16.9 Å². The molecule has 2 aromatic rings. The summed E-state index contributed by atoms with van der Waals surface area (Å²) >= 11 is 3.41. The van der Waals surface area contributed by atoms with Gasteiger partial charge in [-0.1, -0.05) is 0 Å². The lowest BCUT2D eigenvalue weighted by Gasteiger charge is -2.27. The standard InChI is InChI=1S/C16H17BrN2O4/c1-18(2)16(21)10-7-11-13(20)9-14(19-3-5-22-6-4-19)23-15(11)12(17)8-10/h7-9H,3-6H2,1-2H3. The number of fused-ring (bicyclic) bond motifs is 1. The highest BCUT2D eigenvalue weighted by molar-refractivity contribution is 9.10. The van der Waals surface area contributed by atoms with Crippen molar-refractivity contribution >= 4 is 38.7 Å². The lowest BCUT2D eigenvalue weighted by Crippen LogP contribution is -2.36. The second-order valence-electron chi connectivity index (χ2n) is 5.58. The van der Waals surface area contributed by atoms with Crippen molar-refractivity contribution in [2.75, 3.05) is 45.3 Å². The van der Waals surface area contributed by atoms with Gasteiger partial charge in [0.05, 0.1) is 23.1 Å². The summed E-state index contributed by atoms with van der Waals surface area (Å²) in [6.07, 6.45) is 0. The molecule has 0 radical (unpaired) electrons. The Morgan fingerprint density at radius 1 is 1.22 bits per heavy atom. The minimum Gasteiger partial charge on any atom is -0.439 e. The van der Waals surface area contributed by atoms with Crippen molar-refractivity contribution < 1.29 is 13.9 Å².